The number of aromatic amines is 1. The summed E-state index contributed by atoms with van der Waals surface area (Å²) in [4.78, 5) is 3.50. The zero-order chi connectivity index (χ0) is 12.5. The van der Waals surface area contributed by atoms with Gasteiger partial charge in [0.15, 0.2) is 0 Å². The molecule has 0 spiro atoms. The summed E-state index contributed by atoms with van der Waals surface area (Å²) < 4.78 is 0. The quantitative estimate of drug-likeness (QED) is 0.798. The van der Waals surface area contributed by atoms with Gasteiger partial charge in [-0.15, -0.1) is 0 Å². The van der Waals surface area contributed by atoms with Crippen LogP contribution in [0.2, 0.25) is 5.02 Å². The molecule has 18 heavy (non-hydrogen) atoms. The maximum Gasteiger partial charge on any atom is 0.0556 e. The largest absolute Gasteiger partial charge is 0.395 e. The lowest BCUT2D eigenvalue weighted by atomic mass is 9.92. The molecule has 1 aliphatic carbocycles. The van der Waals surface area contributed by atoms with Gasteiger partial charge in [0.1, 0.15) is 0 Å². The van der Waals surface area contributed by atoms with Crippen LogP contribution in [0.1, 0.15) is 30.1 Å². The number of hydrogen-bond donors (Lipinski definition) is 3. The number of nitrogens with one attached hydrogen (secondary N) is 2. The maximum atomic E-state index is 8.93. The molecule has 0 aliphatic heterocycles. The Morgan fingerprint density at radius 2 is 2.33 bits per heavy atom. The van der Waals surface area contributed by atoms with Gasteiger partial charge in [0.25, 0.3) is 0 Å². The fourth-order valence-corrected chi connectivity index (χ4v) is 3.05. The van der Waals surface area contributed by atoms with Crippen LogP contribution in [0.3, 0.4) is 0 Å². The number of rotatable bonds is 3. The Morgan fingerprint density at radius 1 is 1.44 bits per heavy atom. The first-order valence-corrected chi connectivity index (χ1v) is 6.81. The number of benzene rings is 1. The van der Waals surface area contributed by atoms with E-state index in [0.717, 1.165) is 23.4 Å². The van der Waals surface area contributed by atoms with Crippen LogP contribution in [-0.4, -0.2) is 23.2 Å². The van der Waals surface area contributed by atoms with Gasteiger partial charge < -0.3 is 15.4 Å². The highest BCUT2D eigenvalue weighted by molar-refractivity contribution is 6.31. The zero-order valence-electron chi connectivity index (χ0n) is 10.2. The summed E-state index contributed by atoms with van der Waals surface area (Å²) in [5.74, 6) is 0. The predicted molar refractivity (Wildman–Crippen MR) is 74.1 cm³/mol. The van der Waals surface area contributed by atoms with E-state index in [-0.39, 0.29) is 6.61 Å². The molecule has 3 N–H and O–H groups in total. The van der Waals surface area contributed by atoms with E-state index < -0.39 is 0 Å². The average molecular weight is 265 g/mol. The lowest BCUT2D eigenvalue weighted by Crippen LogP contribution is -2.27. The Hall–Kier alpha value is -1.03. The van der Waals surface area contributed by atoms with Crippen molar-refractivity contribution in [3.8, 4) is 0 Å². The van der Waals surface area contributed by atoms with E-state index in [9.17, 15) is 0 Å². The van der Waals surface area contributed by atoms with Crippen LogP contribution in [0.5, 0.6) is 0 Å². The van der Waals surface area contributed by atoms with E-state index >= 15 is 0 Å². The Balaban J connectivity index is 2.04. The third-order valence-electron chi connectivity index (χ3n) is 3.67. The summed E-state index contributed by atoms with van der Waals surface area (Å²) in [7, 11) is 0. The van der Waals surface area contributed by atoms with Gasteiger partial charge in [0, 0.05) is 34.2 Å². The van der Waals surface area contributed by atoms with Gasteiger partial charge >= 0.3 is 0 Å². The molecule has 0 saturated carbocycles. The maximum absolute atomic E-state index is 8.93. The van der Waals surface area contributed by atoms with Crippen molar-refractivity contribution in [2.75, 3.05) is 13.2 Å². The Labute approximate surface area is 111 Å². The lowest BCUT2D eigenvalue weighted by Gasteiger charge is -2.23. The molecule has 1 aliphatic rings. The standard InChI is InChI=1S/C14H17ClN2O/c15-9-4-5-12-11(8-9)10-2-1-3-13(14(10)17-12)16-6-7-18/h4-5,8,13,16-18H,1-3,6-7H2. The molecule has 0 radical (unpaired) electrons. The summed E-state index contributed by atoms with van der Waals surface area (Å²) in [6.07, 6.45) is 3.40. The second-order valence-corrected chi connectivity index (χ2v) is 5.27. The molecule has 1 aromatic heterocycles. The van der Waals surface area contributed by atoms with Crippen LogP contribution in [0, 0.1) is 0 Å². The highest BCUT2D eigenvalue weighted by Gasteiger charge is 2.23. The molecule has 1 heterocycles. The predicted octanol–water partition coefficient (Wildman–Crippen LogP) is 2.78. The molecule has 0 fully saturated rings. The summed E-state index contributed by atoms with van der Waals surface area (Å²) in [6.45, 7) is 0.818. The van der Waals surface area contributed by atoms with Crippen molar-refractivity contribution in [2.45, 2.75) is 25.3 Å². The highest BCUT2D eigenvalue weighted by Crippen LogP contribution is 2.35. The van der Waals surface area contributed by atoms with Crippen LogP contribution in [0.15, 0.2) is 18.2 Å². The second-order valence-electron chi connectivity index (χ2n) is 4.83. The molecule has 2 aromatic rings. The van der Waals surface area contributed by atoms with Gasteiger partial charge in [0.05, 0.1) is 6.61 Å². The number of aromatic nitrogens is 1. The van der Waals surface area contributed by atoms with Crippen LogP contribution in [0.4, 0.5) is 0 Å². The third-order valence-corrected chi connectivity index (χ3v) is 3.91. The minimum atomic E-state index is 0.178. The smallest absolute Gasteiger partial charge is 0.0556 e. The van der Waals surface area contributed by atoms with Crippen LogP contribution in [-0.2, 0) is 6.42 Å². The highest BCUT2D eigenvalue weighted by atomic mass is 35.5. The number of halogens is 1. The van der Waals surface area contributed by atoms with E-state index in [4.69, 9.17) is 16.7 Å². The van der Waals surface area contributed by atoms with Crippen LogP contribution < -0.4 is 5.32 Å². The zero-order valence-corrected chi connectivity index (χ0v) is 10.9. The number of aliphatic hydroxyl groups excluding tert-OH is 1. The van der Waals surface area contributed by atoms with Crippen molar-refractivity contribution in [1.82, 2.24) is 10.3 Å². The van der Waals surface area contributed by atoms with Crippen molar-refractivity contribution < 1.29 is 5.11 Å². The van der Waals surface area contributed by atoms with Crippen molar-refractivity contribution in [1.29, 1.82) is 0 Å². The number of hydrogen-bond acceptors (Lipinski definition) is 2. The van der Waals surface area contributed by atoms with E-state index in [1.807, 2.05) is 18.2 Å². The molecule has 1 aromatic carbocycles. The molecular weight excluding hydrogens is 248 g/mol. The summed E-state index contributed by atoms with van der Waals surface area (Å²) in [6, 6.07) is 6.33. The second kappa shape index (κ2) is 4.92. The van der Waals surface area contributed by atoms with E-state index in [2.05, 4.69) is 10.3 Å². The SMILES string of the molecule is OCCNC1CCCc2c1[nH]c1ccc(Cl)cc21. The van der Waals surface area contributed by atoms with Gasteiger partial charge in [0.2, 0.25) is 0 Å². The fraction of sp³-hybridized carbons (Fsp3) is 0.429. The number of aliphatic hydroxyl groups is 1. The summed E-state index contributed by atoms with van der Waals surface area (Å²) in [5, 5.41) is 14.4. The molecular formula is C14H17ClN2O. The Kier molecular flexibility index (Phi) is 3.29. The molecule has 3 nitrogen and oxygen atoms in total. The average Bonchev–Trinajstić information content (AvgIpc) is 2.75. The number of H-pyrrole nitrogens is 1. The molecule has 96 valence electrons. The van der Waals surface area contributed by atoms with E-state index in [1.165, 1.54) is 23.1 Å². The fourth-order valence-electron chi connectivity index (χ4n) is 2.88. The minimum absolute atomic E-state index is 0.178. The molecule has 3 rings (SSSR count). The van der Waals surface area contributed by atoms with Crippen molar-refractivity contribution in [3.05, 3.63) is 34.5 Å². The van der Waals surface area contributed by atoms with E-state index in [0.29, 0.717) is 12.6 Å². The summed E-state index contributed by atoms with van der Waals surface area (Å²) in [5.41, 5.74) is 3.81. The third kappa shape index (κ3) is 2.03. The van der Waals surface area contributed by atoms with Gasteiger partial charge in [-0.25, -0.2) is 0 Å². The van der Waals surface area contributed by atoms with Crippen LogP contribution in [0.25, 0.3) is 10.9 Å². The first-order chi connectivity index (χ1) is 8.79. The number of fused-ring (bicyclic) bond motifs is 3. The minimum Gasteiger partial charge on any atom is -0.395 e. The van der Waals surface area contributed by atoms with Gasteiger partial charge in [-0.3, -0.25) is 0 Å². The Morgan fingerprint density at radius 3 is 3.17 bits per heavy atom. The van der Waals surface area contributed by atoms with Crippen molar-refractivity contribution >= 4 is 22.5 Å². The monoisotopic (exact) mass is 264 g/mol. The molecule has 0 saturated heterocycles. The summed E-state index contributed by atoms with van der Waals surface area (Å²) >= 11 is 6.08. The molecule has 0 amide bonds. The van der Waals surface area contributed by atoms with Crippen molar-refractivity contribution in [2.24, 2.45) is 0 Å². The molecule has 1 atom stereocenters. The van der Waals surface area contributed by atoms with Gasteiger partial charge in [-0.05, 0) is 43.0 Å². The van der Waals surface area contributed by atoms with Gasteiger partial charge in [-0.2, -0.15) is 0 Å². The molecule has 0 bridgehead atoms. The lowest BCUT2D eigenvalue weighted by molar-refractivity contribution is 0.280. The normalized spacial score (nSPS) is 19.1. The Bertz CT molecular complexity index is 564. The first-order valence-electron chi connectivity index (χ1n) is 6.44. The molecule has 1 unspecified atom stereocenters. The van der Waals surface area contributed by atoms with E-state index in [1.54, 1.807) is 0 Å². The first kappa shape index (κ1) is 12.0. The number of aryl methyl sites for hydroxylation is 1. The van der Waals surface area contributed by atoms with Crippen molar-refractivity contribution in [3.63, 3.8) is 0 Å². The topological polar surface area (TPSA) is 48.0 Å². The van der Waals surface area contributed by atoms with Crippen LogP contribution >= 0.6 is 11.6 Å². The van der Waals surface area contributed by atoms with Gasteiger partial charge in [-0.1, -0.05) is 11.6 Å². The molecule has 4 heteroatoms.